The van der Waals surface area contributed by atoms with E-state index in [-0.39, 0.29) is 5.97 Å². The number of hydrogen-bond donors (Lipinski definition) is 1. The van der Waals surface area contributed by atoms with Crippen molar-refractivity contribution in [3.05, 3.63) is 33.8 Å². The van der Waals surface area contributed by atoms with Crippen LogP contribution in [0.3, 0.4) is 0 Å². The first kappa shape index (κ1) is 12.6. The second-order valence-corrected chi connectivity index (χ2v) is 5.16. The molecule has 92 valence electrons. The molecule has 0 spiro atoms. The second-order valence-electron chi connectivity index (χ2n) is 4.31. The number of hydrogen-bond acceptors (Lipinski definition) is 3. The maximum absolute atomic E-state index is 11.3. The third-order valence-corrected chi connectivity index (χ3v) is 3.90. The molecular weight excluding hydrogens is 282 g/mol. The Kier molecular flexibility index (Phi) is 4.18. The van der Waals surface area contributed by atoms with Crippen molar-refractivity contribution in [1.29, 1.82) is 0 Å². The van der Waals surface area contributed by atoms with Crippen LogP contribution in [0.5, 0.6) is 0 Å². The minimum absolute atomic E-state index is 0.302. The quantitative estimate of drug-likeness (QED) is 0.869. The topological polar surface area (TPSA) is 38.3 Å². The first-order valence-corrected chi connectivity index (χ1v) is 6.60. The molecule has 1 N–H and O–H groups in total. The SMILES string of the molecule is COC(=O)c1ccc(CNC2CCC2)c(Br)c1. The van der Waals surface area contributed by atoms with E-state index in [0.29, 0.717) is 11.6 Å². The van der Waals surface area contributed by atoms with Gasteiger partial charge in [-0.3, -0.25) is 0 Å². The van der Waals surface area contributed by atoms with E-state index >= 15 is 0 Å². The lowest BCUT2D eigenvalue weighted by Gasteiger charge is -2.26. The summed E-state index contributed by atoms with van der Waals surface area (Å²) in [4.78, 5) is 11.3. The highest BCUT2D eigenvalue weighted by Gasteiger charge is 2.16. The van der Waals surface area contributed by atoms with Crippen molar-refractivity contribution in [3.8, 4) is 0 Å². The van der Waals surface area contributed by atoms with Gasteiger partial charge in [0.15, 0.2) is 0 Å². The lowest BCUT2D eigenvalue weighted by atomic mass is 9.93. The Morgan fingerprint density at radius 3 is 2.82 bits per heavy atom. The molecule has 1 aromatic rings. The van der Waals surface area contributed by atoms with E-state index in [4.69, 9.17) is 0 Å². The van der Waals surface area contributed by atoms with Gasteiger partial charge in [0, 0.05) is 17.1 Å². The minimum atomic E-state index is -0.302. The average molecular weight is 298 g/mol. The van der Waals surface area contributed by atoms with E-state index in [2.05, 4.69) is 26.0 Å². The van der Waals surface area contributed by atoms with Crippen LogP contribution in [0, 0.1) is 0 Å². The summed E-state index contributed by atoms with van der Waals surface area (Å²) < 4.78 is 5.63. The molecule has 0 unspecified atom stereocenters. The summed E-state index contributed by atoms with van der Waals surface area (Å²) in [5.41, 5.74) is 1.75. The van der Waals surface area contributed by atoms with Gasteiger partial charge in [-0.2, -0.15) is 0 Å². The predicted octanol–water partition coefficient (Wildman–Crippen LogP) is 2.88. The van der Waals surface area contributed by atoms with Gasteiger partial charge in [-0.15, -0.1) is 0 Å². The monoisotopic (exact) mass is 297 g/mol. The van der Waals surface area contributed by atoms with Crippen LogP contribution in [-0.4, -0.2) is 19.1 Å². The molecule has 1 saturated carbocycles. The van der Waals surface area contributed by atoms with Gasteiger partial charge in [-0.1, -0.05) is 28.4 Å². The molecule has 2 rings (SSSR count). The van der Waals surface area contributed by atoms with Crippen molar-refractivity contribution in [3.63, 3.8) is 0 Å². The fourth-order valence-electron chi connectivity index (χ4n) is 1.80. The smallest absolute Gasteiger partial charge is 0.337 e. The van der Waals surface area contributed by atoms with Crippen molar-refractivity contribution in [2.45, 2.75) is 31.8 Å². The fourth-order valence-corrected chi connectivity index (χ4v) is 2.32. The molecule has 0 bridgehead atoms. The van der Waals surface area contributed by atoms with Gasteiger partial charge in [-0.05, 0) is 30.5 Å². The van der Waals surface area contributed by atoms with E-state index in [1.54, 1.807) is 6.07 Å². The number of benzene rings is 1. The van der Waals surface area contributed by atoms with E-state index in [1.165, 1.54) is 31.9 Å². The zero-order valence-corrected chi connectivity index (χ0v) is 11.4. The third kappa shape index (κ3) is 3.07. The van der Waals surface area contributed by atoms with Gasteiger partial charge in [-0.25, -0.2) is 4.79 Å². The van der Waals surface area contributed by atoms with Crippen LogP contribution in [0.1, 0.15) is 35.2 Å². The summed E-state index contributed by atoms with van der Waals surface area (Å²) >= 11 is 3.49. The van der Waals surface area contributed by atoms with E-state index in [1.807, 2.05) is 12.1 Å². The summed E-state index contributed by atoms with van der Waals surface area (Å²) in [7, 11) is 1.39. The van der Waals surface area contributed by atoms with Gasteiger partial charge in [0.05, 0.1) is 12.7 Å². The average Bonchev–Trinajstić information content (AvgIpc) is 2.28. The van der Waals surface area contributed by atoms with Crippen LogP contribution in [0.4, 0.5) is 0 Å². The Morgan fingerprint density at radius 2 is 2.29 bits per heavy atom. The van der Waals surface area contributed by atoms with Crippen molar-refractivity contribution in [2.75, 3.05) is 7.11 Å². The highest BCUT2D eigenvalue weighted by molar-refractivity contribution is 9.10. The molecule has 17 heavy (non-hydrogen) atoms. The van der Waals surface area contributed by atoms with Gasteiger partial charge in [0.1, 0.15) is 0 Å². The number of nitrogens with one attached hydrogen (secondary N) is 1. The Hall–Kier alpha value is -0.870. The molecule has 4 heteroatoms. The largest absolute Gasteiger partial charge is 0.465 e. The van der Waals surface area contributed by atoms with Crippen LogP contribution in [0.15, 0.2) is 22.7 Å². The molecule has 1 aromatic carbocycles. The summed E-state index contributed by atoms with van der Waals surface area (Å²) in [6, 6.07) is 6.24. The normalized spacial score (nSPS) is 15.4. The molecule has 0 saturated heterocycles. The minimum Gasteiger partial charge on any atom is -0.465 e. The van der Waals surface area contributed by atoms with Gasteiger partial charge < -0.3 is 10.1 Å². The molecule has 0 amide bonds. The Balaban J connectivity index is 2.00. The number of methoxy groups -OCH3 is 1. The first-order valence-electron chi connectivity index (χ1n) is 5.81. The van der Waals surface area contributed by atoms with Crippen molar-refractivity contribution < 1.29 is 9.53 Å². The molecule has 0 radical (unpaired) electrons. The van der Waals surface area contributed by atoms with Crippen LogP contribution >= 0.6 is 15.9 Å². The number of carbonyl (C=O) groups excluding carboxylic acids is 1. The summed E-state index contributed by atoms with van der Waals surface area (Å²) in [6.45, 7) is 0.840. The summed E-state index contributed by atoms with van der Waals surface area (Å²) in [6.07, 6.45) is 3.88. The zero-order chi connectivity index (χ0) is 12.3. The number of carbonyl (C=O) groups is 1. The van der Waals surface area contributed by atoms with Gasteiger partial charge >= 0.3 is 5.97 Å². The standard InChI is InChI=1S/C13H16BrNO2/c1-17-13(16)9-5-6-10(12(14)7-9)8-15-11-3-2-4-11/h5-7,11,15H,2-4,8H2,1H3. The molecule has 0 atom stereocenters. The van der Waals surface area contributed by atoms with Crippen LogP contribution in [0.25, 0.3) is 0 Å². The zero-order valence-electron chi connectivity index (χ0n) is 9.83. The van der Waals surface area contributed by atoms with Crippen LogP contribution < -0.4 is 5.32 Å². The first-order chi connectivity index (χ1) is 8.20. The Morgan fingerprint density at radius 1 is 1.53 bits per heavy atom. The molecule has 1 fully saturated rings. The highest BCUT2D eigenvalue weighted by Crippen LogP contribution is 2.22. The molecule has 0 aromatic heterocycles. The molecule has 3 nitrogen and oxygen atoms in total. The second kappa shape index (κ2) is 5.65. The summed E-state index contributed by atoms with van der Waals surface area (Å²) in [5, 5.41) is 3.49. The third-order valence-electron chi connectivity index (χ3n) is 3.16. The molecular formula is C13H16BrNO2. The fraction of sp³-hybridized carbons (Fsp3) is 0.462. The van der Waals surface area contributed by atoms with E-state index in [0.717, 1.165) is 11.0 Å². The lowest BCUT2D eigenvalue weighted by molar-refractivity contribution is 0.0600. The number of ether oxygens (including phenoxy) is 1. The van der Waals surface area contributed by atoms with E-state index < -0.39 is 0 Å². The van der Waals surface area contributed by atoms with E-state index in [9.17, 15) is 4.79 Å². The number of esters is 1. The maximum atomic E-state index is 11.3. The van der Waals surface area contributed by atoms with Gasteiger partial charge in [0.2, 0.25) is 0 Å². The molecule has 0 heterocycles. The van der Waals surface area contributed by atoms with Crippen molar-refractivity contribution in [2.24, 2.45) is 0 Å². The number of halogens is 1. The Labute approximate surface area is 110 Å². The van der Waals surface area contributed by atoms with Gasteiger partial charge in [0.25, 0.3) is 0 Å². The van der Waals surface area contributed by atoms with Crippen LogP contribution in [-0.2, 0) is 11.3 Å². The highest BCUT2D eigenvalue weighted by atomic mass is 79.9. The molecule has 0 aliphatic heterocycles. The summed E-state index contributed by atoms with van der Waals surface area (Å²) in [5.74, 6) is -0.302. The predicted molar refractivity (Wildman–Crippen MR) is 70.0 cm³/mol. The Bertz CT molecular complexity index is 416. The molecule has 1 aliphatic carbocycles. The van der Waals surface area contributed by atoms with Crippen LogP contribution in [0.2, 0.25) is 0 Å². The number of rotatable bonds is 4. The van der Waals surface area contributed by atoms with Crippen molar-refractivity contribution in [1.82, 2.24) is 5.32 Å². The molecule has 1 aliphatic rings. The van der Waals surface area contributed by atoms with Crippen molar-refractivity contribution >= 4 is 21.9 Å². The maximum Gasteiger partial charge on any atom is 0.337 e. The lowest BCUT2D eigenvalue weighted by Crippen LogP contribution is -2.34.